The number of piperazine rings is 1. The maximum atomic E-state index is 14.3. The van der Waals surface area contributed by atoms with Crippen molar-refractivity contribution < 1.29 is 9.13 Å². The smallest absolute Gasteiger partial charge is 0.167 e. The van der Waals surface area contributed by atoms with Gasteiger partial charge in [-0.2, -0.15) is 0 Å². The molecule has 2 aromatic heterocycles. The first-order chi connectivity index (χ1) is 17.4. The Labute approximate surface area is 215 Å². The number of hydrogen-bond acceptors (Lipinski definition) is 7. The van der Waals surface area contributed by atoms with Crippen LogP contribution in [0.1, 0.15) is 5.56 Å². The molecule has 0 bridgehead atoms. The number of nitrogen functional groups attached to an aromatic ring is 1. The molecule has 6 nitrogen and oxygen atoms in total. The van der Waals surface area contributed by atoms with Gasteiger partial charge in [-0.1, -0.05) is 24.3 Å². The number of aromatic nitrogens is 1. The Morgan fingerprint density at radius 1 is 1.03 bits per heavy atom. The predicted octanol–water partition coefficient (Wildman–Crippen LogP) is 5.16. The van der Waals surface area contributed by atoms with Gasteiger partial charge in [-0.25, -0.2) is 4.39 Å². The highest BCUT2D eigenvalue weighted by Gasteiger charge is 2.15. The Kier molecular flexibility index (Phi) is 7.48. The number of pyridine rings is 1. The molecular formula is C28H32FN5OS. The molecule has 1 saturated heterocycles. The van der Waals surface area contributed by atoms with Crippen molar-refractivity contribution in [1.29, 1.82) is 0 Å². The minimum atomic E-state index is -0.485. The van der Waals surface area contributed by atoms with Gasteiger partial charge in [-0.3, -0.25) is 9.88 Å². The molecule has 2 aromatic carbocycles. The van der Waals surface area contributed by atoms with E-state index in [1.54, 1.807) is 35.7 Å². The summed E-state index contributed by atoms with van der Waals surface area (Å²) in [6, 6.07) is 17.0. The average Bonchev–Trinajstić information content (AvgIpc) is 3.31. The lowest BCUT2D eigenvalue weighted by atomic mass is 10.1. The first-order valence-electron chi connectivity index (χ1n) is 12.2. The van der Waals surface area contributed by atoms with Crippen molar-refractivity contribution in [3.63, 3.8) is 0 Å². The zero-order chi connectivity index (χ0) is 25.1. The van der Waals surface area contributed by atoms with Crippen LogP contribution < -0.4 is 10.5 Å². The van der Waals surface area contributed by atoms with Crippen LogP contribution in [-0.2, 0) is 6.54 Å². The van der Waals surface area contributed by atoms with Crippen molar-refractivity contribution in [1.82, 2.24) is 19.7 Å². The van der Waals surface area contributed by atoms with E-state index >= 15 is 0 Å². The van der Waals surface area contributed by atoms with E-state index in [4.69, 9.17) is 10.5 Å². The van der Waals surface area contributed by atoms with E-state index in [-0.39, 0.29) is 5.75 Å². The number of anilines is 1. The van der Waals surface area contributed by atoms with E-state index in [1.165, 1.54) is 11.6 Å². The summed E-state index contributed by atoms with van der Waals surface area (Å²) in [7, 11) is 4.38. The van der Waals surface area contributed by atoms with Crippen molar-refractivity contribution >= 4 is 27.2 Å². The fourth-order valence-electron chi connectivity index (χ4n) is 4.40. The van der Waals surface area contributed by atoms with Crippen LogP contribution in [0.25, 0.3) is 20.7 Å². The number of nitrogens with two attached hydrogens (primary N) is 1. The van der Waals surface area contributed by atoms with Crippen LogP contribution in [0, 0.1) is 5.82 Å². The average molecular weight is 506 g/mol. The molecule has 36 heavy (non-hydrogen) atoms. The molecule has 1 aliphatic heterocycles. The zero-order valence-electron chi connectivity index (χ0n) is 20.8. The molecule has 4 aromatic rings. The number of likely N-dealkylation sites (N-methyl/N-ethyl adjacent to an activating group) is 2. The SMILES string of the molecule is CN1CCN(CCN(C)Cc2ccc(-c3cc4nccc(Oc5ccc(N)cc5F)c4s3)cc2)CC1. The number of fused-ring (bicyclic) bond motifs is 1. The maximum Gasteiger partial charge on any atom is 0.167 e. The Morgan fingerprint density at radius 2 is 1.81 bits per heavy atom. The number of ether oxygens (including phenoxy) is 1. The highest BCUT2D eigenvalue weighted by Crippen LogP contribution is 2.39. The molecule has 188 valence electrons. The maximum absolute atomic E-state index is 14.3. The molecule has 2 N–H and O–H groups in total. The number of halogens is 1. The summed E-state index contributed by atoms with van der Waals surface area (Å²) < 4.78 is 21.0. The van der Waals surface area contributed by atoms with Gasteiger partial charge in [0.2, 0.25) is 0 Å². The van der Waals surface area contributed by atoms with Gasteiger partial charge in [0.15, 0.2) is 11.6 Å². The van der Waals surface area contributed by atoms with E-state index in [1.807, 2.05) is 0 Å². The third-order valence-electron chi connectivity index (χ3n) is 6.64. The molecule has 1 fully saturated rings. The second-order valence-electron chi connectivity index (χ2n) is 9.51. The second-order valence-corrected chi connectivity index (χ2v) is 10.6. The summed E-state index contributed by atoms with van der Waals surface area (Å²) in [5.74, 6) is 0.243. The van der Waals surface area contributed by atoms with E-state index in [2.05, 4.69) is 64.1 Å². The number of benzene rings is 2. The highest BCUT2D eigenvalue weighted by molar-refractivity contribution is 7.22. The normalized spacial score (nSPS) is 15.1. The van der Waals surface area contributed by atoms with Crippen molar-refractivity contribution in [3.8, 4) is 21.9 Å². The molecule has 8 heteroatoms. The van der Waals surface area contributed by atoms with Gasteiger partial charge < -0.3 is 20.3 Å². The Balaban J connectivity index is 1.24. The number of hydrogen-bond donors (Lipinski definition) is 1. The van der Waals surface area contributed by atoms with E-state index in [0.29, 0.717) is 11.4 Å². The minimum Gasteiger partial charge on any atom is -0.453 e. The Morgan fingerprint density at radius 3 is 2.56 bits per heavy atom. The molecule has 0 aliphatic carbocycles. The van der Waals surface area contributed by atoms with E-state index in [0.717, 1.165) is 66.5 Å². The van der Waals surface area contributed by atoms with Gasteiger partial charge in [0.25, 0.3) is 0 Å². The second kappa shape index (κ2) is 10.9. The van der Waals surface area contributed by atoms with Crippen LogP contribution in [0.4, 0.5) is 10.1 Å². The minimum absolute atomic E-state index is 0.146. The van der Waals surface area contributed by atoms with Gasteiger partial charge in [-0.15, -0.1) is 11.3 Å². The summed E-state index contributed by atoms with van der Waals surface area (Å²) in [5, 5.41) is 0. The number of nitrogens with zero attached hydrogens (tertiary/aromatic N) is 4. The zero-order valence-corrected chi connectivity index (χ0v) is 21.6. The van der Waals surface area contributed by atoms with Crippen LogP contribution in [0.2, 0.25) is 0 Å². The quantitative estimate of drug-likeness (QED) is 0.334. The molecule has 0 saturated carbocycles. The fourth-order valence-corrected chi connectivity index (χ4v) is 5.48. The van der Waals surface area contributed by atoms with Crippen molar-refractivity contribution in [2.45, 2.75) is 6.54 Å². The number of rotatable bonds is 8. The Bertz CT molecular complexity index is 1320. The molecule has 0 radical (unpaired) electrons. The van der Waals surface area contributed by atoms with Crippen LogP contribution in [-0.4, -0.2) is 73.0 Å². The van der Waals surface area contributed by atoms with Crippen molar-refractivity contribution in [3.05, 3.63) is 72.2 Å². The first-order valence-corrected chi connectivity index (χ1v) is 13.1. The summed E-state index contributed by atoms with van der Waals surface area (Å²) in [4.78, 5) is 12.9. The van der Waals surface area contributed by atoms with Gasteiger partial charge in [0.1, 0.15) is 5.75 Å². The first kappa shape index (κ1) is 24.6. The predicted molar refractivity (Wildman–Crippen MR) is 146 cm³/mol. The van der Waals surface area contributed by atoms with Gasteiger partial charge in [0.05, 0.1) is 10.2 Å². The lowest BCUT2D eigenvalue weighted by Crippen LogP contribution is -2.46. The van der Waals surface area contributed by atoms with Crippen LogP contribution >= 0.6 is 11.3 Å². The van der Waals surface area contributed by atoms with Gasteiger partial charge in [0, 0.05) is 74.7 Å². The van der Waals surface area contributed by atoms with Gasteiger partial charge in [-0.05, 0) is 43.4 Å². The summed E-state index contributed by atoms with van der Waals surface area (Å²) in [6.07, 6.45) is 1.68. The standard InChI is InChI=1S/C28H32FN5OS/c1-32-11-14-34(15-12-32)16-13-33(2)19-20-3-5-21(6-4-20)27-18-24-28(36-27)26(9-10-31-24)35-25-8-7-22(30)17-23(25)29/h3-10,17-18H,11-16,19,30H2,1-2H3. The monoisotopic (exact) mass is 505 g/mol. The van der Waals surface area contributed by atoms with Crippen LogP contribution in [0.3, 0.4) is 0 Å². The molecule has 0 amide bonds. The third kappa shape index (κ3) is 5.84. The number of thiophene rings is 1. The summed E-state index contributed by atoms with van der Waals surface area (Å²) in [6.45, 7) is 7.73. The molecule has 0 atom stereocenters. The molecule has 0 unspecified atom stereocenters. The fraction of sp³-hybridized carbons (Fsp3) is 0.321. The molecule has 5 rings (SSSR count). The highest BCUT2D eigenvalue weighted by atomic mass is 32.1. The molecular weight excluding hydrogens is 473 g/mol. The third-order valence-corrected chi connectivity index (χ3v) is 7.82. The van der Waals surface area contributed by atoms with Crippen LogP contribution in [0.5, 0.6) is 11.5 Å². The largest absolute Gasteiger partial charge is 0.453 e. The van der Waals surface area contributed by atoms with E-state index < -0.39 is 5.82 Å². The lowest BCUT2D eigenvalue weighted by Gasteiger charge is -2.33. The molecule has 0 spiro atoms. The molecule has 1 aliphatic rings. The van der Waals surface area contributed by atoms with Crippen LogP contribution in [0.15, 0.2) is 60.8 Å². The summed E-state index contributed by atoms with van der Waals surface area (Å²) in [5.41, 5.74) is 9.27. The van der Waals surface area contributed by atoms with Gasteiger partial charge >= 0.3 is 0 Å². The summed E-state index contributed by atoms with van der Waals surface area (Å²) >= 11 is 1.60. The lowest BCUT2D eigenvalue weighted by molar-refractivity contribution is 0.139. The molecule has 3 heterocycles. The van der Waals surface area contributed by atoms with Crippen molar-refractivity contribution in [2.75, 3.05) is 59.1 Å². The Hall–Kier alpha value is -3.04. The van der Waals surface area contributed by atoms with E-state index in [9.17, 15) is 4.39 Å². The van der Waals surface area contributed by atoms with Crippen molar-refractivity contribution in [2.24, 2.45) is 0 Å². The topological polar surface area (TPSA) is 57.9 Å².